The van der Waals surface area contributed by atoms with E-state index in [0.29, 0.717) is 19.6 Å². The van der Waals surface area contributed by atoms with Crippen LogP contribution in [0, 0.1) is 0 Å². The lowest BCUT2D eigenvalue weighted by Gasteiger charge is -2.30. The van der Waals surface area contributed by atoms with Gasteiger partial charge in [0.2, 0.25) is 0 Å². The Morgan fingerprint density at radius 3 is 2.60 bits per heavy atom. The summed E-state index contributed by atoms with van der Waals surface area (Å²) in [5.41, 5.74) is 0.511. The largest absolute Gasteiger partial charge is 0.463 e. The average Bonchev–Trinajstić information content (AvgIpc) is 2.55. The highest BCUT2D eigenvalue weighted by molar-refractivity contribution is 5.68. The van der Waals surface area contributed by atoms with Crippen LogP contribution in [0.1, 0.15) is 32.8 Å². The maximum Gasteiger partial charge on any atom is 0.407 e. The Morgan fingerprint density at radius 1 is 1.36 bits per heavy atom. The molecule has 140 valence electrons. The molecule has 1 heterocycles. The molecule has 2 atom stereocenters. The molecule has 1 aliphatic heterocycles. The van der Waals surface area contributed by atoms with E-state index in [4.69, 9.17) is 4.74 Å². The molecule has 0 radical (unpaired) electrons. The van der Waals surface area contributed by atoms with Gasteiger partial charge in [0.05, 0.1) is 12.1 Å². The lowest BCUT2D eigenvalue weighted by Crippen LogP contribution is -2.53. The molecule has 2 rings (SSSR count). The van der Waals surface area contributed by atoms with Crippen molar-refractivity contribution in [3.05, 3.63) is 35.9 Å². The first-order valence-corrected chi connectivity index (χ1v) is 8.29. The number of aliphatic hydroxyl groups is 1. The number of piperidine rings is 1. The van der Waals surface area contributed by atoms with Gasteiger partial charge in [-0.2, -0.15) is 0 Å². The molecular formula is C18H28N2O5. The molecular weight excluding hydrogens is 324 g/mol. The van der Waals surface area contributed by atoms with Crippen molar-refractivity contribution in [3.8, 4) is 0 Å². The minimum Gasteiger partial charge on any atom is -0.463 e. The van der Waals surface area contributed by atoms with Crippen LogP contribution < -0.4 is 10.6 Å². The Morgan fingerprint density at radius 2 is 2.04 bits per heavy atom. The number of hydrogen-bond acceptors (Lipinski definition) is 6. The molecule has 7 nitrogen and oxygen atoms in total. The molecule has 1 amide bonds. The second kappa shape index (κ2) is 10.7. The third kappa shape index (κ3) is 9.69. The maximum absolute atomic E-state index is 11.4. The van der Waals surface area contributed by atoms with E-state index in [0.717, 1.165) is 18.5 Å². The summed E-state index contributed by atoms with van der Waals surface area (Å²) in [6.07, 6.45) is -0.278. The predicted molar refractivity (Wildman–Crippen MR) is 93.9 cm³/mol. The van der Waals surface area contributed by atoms with Crippen molar-refractivity contribution in [2.24, 2.45) is 0 Å². The van der Waals surface area contributed by atoms with Crippen LogP contribution in [0.3, 0.4) is 0 Å². The SMILES string of the molecule is CC(C)(C)OC(=O)N[C@@H]1CCNC[C@H]1O.O=COCc1ccccc1. The van der Waals surface area contributed by atoms with Crippen LogP contribution >= 0.6 is 0 Å². The van der Waals surface area contributed by atoms with E-state index in [1.807, 2.05) is 51.1 Å². The van der Waals surface area contributed by atoms with Gasteiger partial charge >= 0.3 is 6.09 Å². The fraction of sp³-hybridized carbons (Fsp3) is 0.556. The van der Waals surface area contributed by atoms with Gasteiger partial charge in [0.25, 0.3) is 6.47 Å². The number of nitrogens with one attached hydrogen (secondary N) is 2. The number of hydrogen-bond donors (Lipinski definition) is 3. The Balaban J connectivity index is 0.000000271. The van der Waals surface area contributed by atoms with Crippen LogP contribution in [0.4, 0.5) is 4.79 Å². The summed E-state index contributed by atoms with van der Waals surface area (Å²) in [7, 11) is 0. The standard InChI is InChI=1S/C10H20N2O3.C8H8O2/c1-10(2,3)15-9(14)12-7-4-5-11-6-8(7)13;9-7-10-6-8-4-2-1-3-5-8/h7-8,11,13H,4-6H2,1-3H3,(H,12,14);1-5,7H,6H2/t7-,8-;/m1./s1. The minimum absolute atomic E-state index is 0.207. The highest BCUT2D eigenvalue weighted by Gasteiger charge is 2.26. The van der Waals surface area contributed by atoms with E-state index < -0.39 is 17.8 Å². The third-order valence-corrected chi connectivity index (χ3v) is 3.31. The number of carbonyl (C=O) groups excluding carboxylic acids is 2. The first kappa shape index (κ1) is 20.9. The lowest BCUT2D eigenvalue weighted by molar-refractivity contribution is -0.129. The summed E-state index contributed by atoms with van der Waals surface area (Å²) in [4.78, 5) is 21.2. The zero-order valence-corrected chi connectivity index (χ0v) is 15.0. The summed E-state index contributed by atoms with van der Waals surface area (Å²) in [6, 6.07) is 9.34. The van der Waals surface area contributed by atoms with Gasteiger partial charge in [0, 0.05) is 6.54 Å². The molecule has 0 aromatic heterocycles. The first-order chi connectivity index (χ1) is 11.8. The molecule has 3 N–H and O–H groups in total. The Kier molecular flexibility index (Phi) is 8.94. The van der Waals surface area contributed by atoms with E-state index in [2.05, 4.69) is 15.4 Å². The van der Waals surface area contributed by atoms with Crippen molar-refractivity contribution in [1.29, 1.82) is 0 Å². The number of carbonyl (C=O) groups is 2. The molecule has 1 saturated heterocycles. The van der Waals surface area contributed by atoms with Gasteiger partial charge in [-0.15, -0.1) is 0 Å². The highest BCUT2D eigenvalue weighted by atomic mass is 16.6. The van der Waals surface area contributed by atoms with Gasteiger partial charge in [0.1, 0.15) is 12.2 Å². The van der Waals surface area contributed by atoms with E-state index >= 15 is 0 Å². The normalized spacial score (nSPS) is 19.8. The number of aliphatic hydroxyl groups excluding tert-OH is 1. The van der Waals surface area contributed by atoms with Crippen molar-refractivity contribution < 1.29 is 24.2 Å². The van der Waals surface area contributed by atoms with Crippen molar-refractivity contribution in [3.63, 3.8) is 0 Å². The predicted octanol–water partition coefficient (Wildman–Crippen LogP) is 1.59. The second-order valence-corrected chi connectivity index (χ2v) is 6.71. The molecule has 0 aliphatic carbocycles. The van der Waals surface area contributed by atoms with Crippen LogP contribution in [0.5, 0.6) is 0 Å². The fourth-order valence-corrected chi connectivity index (χ4v) is 2.17. The number of β-amino-alcohol motifs (C(OH)–C–C–N with tert-alkyl or cyclic N) is 1. The monoisotopic (exact) mass is 352 g/mol. The molecule has 7 heteroatoms. The van der Waals surface area contributed by atoms with Crippen molar-refractivity contribution in [2.45, 2.75) is 51.5 Å². The summed E-state index contributed by atoms with van der Waals surface area (Å²) < 4.78 is 9.65. The molecule has 25 heavy (non-hydrogen) atoms. The van der Waals surface area contributed by atoms with Crippen LogP contribution in [-0.2, 0) is 20.9 Å². The van der Waals surface area contributed by atoms with Gasteiger partial charge in [-0.25, -0.2) is 4.79 Å². The molecule has 1 fully saturated rings. The summed E-state index contributed by atoms with van der Waals surface area (Å²) in [5, 5.41) is 15.3. The number of amides is 1. The Hall–Kier alpha value is -2.12. The zero-order chi connectivity index (χ0) is 18.7. The summed E-state index contributed by atoms with van der Waals surface area (Å²) in [5.74, 6) is 0. The van der Waals surface area contributed by atoms with Crippen molar-refractivity contribution in [1.82, 2.24) is 10.6 Å². The number of ether oxygens (including phenoxy) is 2. The van der Waals surface area contributed by atoms with Crippen molar-refractivity contribution >= 4 is 12.6 Å². The fourth-order valence-electron chi connectivity index (χ4n) is 2.17. The molecule has 1 aromatic rings. The molecule has 0 spiro atoms. The van der Waals surface area contributed by atoms with Gasteiger partial charge in [-0.1, -0.05) is 30.3 Å². The molecule has 1 aromatic carbocycles. The third-order valence-electron chi connectivity index (χ3n) is 3.31. The topological polar surface area (TPSA) is 96.9 Å². The molecule has 0 saturated carbocycles. The zero-order valence-electron chi connectivity index (χ0n) is 15.0. The Labute approximate surface area is 148 Å². The average molecular weight is 352 g/mol. The number of benzene rings is 1. The number of alkyl carbamates (subject to hydrolysis) is 1. The quantitative estimate of drug-likeness (QED) is 0.712. The summed E-state index contributed by atoms with van der Waals surface area (Å²) in [6.45, 7) is 7.57. The summed E-state index contributed by atoms with van der Waals surface area (Å²) >= 11 is 0. The van der Waals surface area contributed by atoms with E-state index in [-0.39, 0.29) is 6.04 Å². The minimum atomic E-state index is -0.536. The van der Waals surface area contributed by atoms with Crippen LogP contribution in [0.15, 0.2) is 30.3 Å². The van der Waals surface area contributed by atoms with Crippen LogP contribution in [0.2, 0.25) is 0 Å². The van der Waals surface area contributed by atoms with Crippen molar-refractivity contribution in [2.75, 3.05) is 13.1 Å². The molecule has 0 bridgehead atoms. The van der Waals surface area contributed by atoms with Gasteiger partial charge in [0.15, 0.2) is 0 Å². The van der Waals surface area contributed by atoms with Crippen LogP contribution in [-0.4, -0.2) is 48.5 Å². The Bertz CT molecular complexity index is 516. The van der Waals surface area contributed by atoms with Gasteiger partial charge < -0.3 is 25.2 Å². The smallest absolute Gasteiger partial charge is 0.407 e. The van der Waals surface area contributed by atoms with E-state index in [1.54, 1.807) is 0 Å². The lowest BCUT2D eigenvalue weighted by atomic mass is 10.0. The van der Waals surface area contributed by atoms with Gasteiger partial charge in [-0.05, 0) is 39.3 Å². The second-order valence-electron chi connectivity index (χ2n) is 6.71. The van der Waals surface area contributed by atoms with E-state index in [9.17, 15) is 14.7 Å². The first-order valence-electron chi connectivity index (χ1n) is 8.29. The molecule has 0 unspecified atom stereocenters. The highest BCUT2D eigenvalue weighted by Crippen LogP contribution is 2.09. The maximum atomic E-state index is 11.4. The van der Waals surface area contributed by atoms with Crippen LogP contribution in [0.25, 0.3) is 0 Å². The van der Waals surface area contributed by atoms with Gasteiger partial charge in [-0.3, -0.25) is 4.79 Å². The van der Waals surface area contributed by atoms with E-state index in [1.165, 1.54) is 0 Å². The number of rotatable bonds is 4. The molecule has 1 aliphatic rings.